The van der Waals surface area contributed by atoms with Gasteiger partial charge in [0, 0.05) is 27.5 Å². The summed E-state index contributed by atoms with van der Waals surface area (Å²) in [7, 11) is 0. The molecule has 1 unspecified atom stereocenters. The summed E-state index contributed by atoms with van der Waals surface area (Å²) in [6, 6.07) is 17.7. The number of benzene rings is 3. The lowest BCUT2D eigenvalue weighted by Crippen LogP contribution is -2.32. The number of hydrogen-bond acceptors (Lipinski definition) is 5. The Balaban J connectivity index is 1.41. The van der Waals surface area contributed by atoms with Crippen LogP contribution in [-0.4, -0.2) is 33.5 Å². The zero-order valence-corrected chi connectivity index (χ0v) is 21.7. The van der Waals surface area contributed by atoms with Crippen molar-refractivity contribution in [2.45, 2.75) is 25.6 Å². The minimum atomic E-state index is -1.42. The third-order valence-corrected chi connectivity index (χ3v) is 7.44. The molecule has 8 nitrogen and oxygen atoms in total. The maximum absolute atomic E-state index is 15.4. The number of fused-ring (bicyclic) bond motifs is 1. The number of nitrogens with zero attached hydrogens (tertiary/aromatic N) is 3. The van der Waals surface area contributed by atoms with E-state index < -0.39 is 48.0 Å². The number of carbonyl (C=O) groups is 3. The van der Waals surface area contributed by atoms with Gasteiger partial charge in [-0.05, 0) is 31.0 Å². The highest BCUT2D eigenvalue weighted by Gasteiger charge is 2.43. The normalized spacial score (nSPS) is 18.4. The molecule has 3 N–H and O–H groups in total. The first kappa shape index (κ1) is 27.0. The van der Waals surface area contributed by atoms with E-state index in [1.165, 1.54) is 22.9 Å². The van der Waals surface area contributed by atoms with Gasteiger partial charge in [-0.25, -0.2) is 8.78 Å². The summed E-state index contributed by atoms with van der Waals surface area (Å²) < 4.78 is 31.2. The molecule has 202 valence electrons. The number of Topliss-reactive ketones (excluding diaryl/α,β-unsaturated/α-hetero) is 1. The first-order chi connectivity index (χ1) is 19.2. The summed E-state index contributed by atoms with van der Waals surface area (Å²) >= 11 is 6.22. The third kappa shape index (κ3) is 4.92. The van der Waals surface area contributed by atoms with E-state index >= 15 is 4.39 Å². The molecule has 0 spiro atoms. The molecule has 3 atom stereocenters. The van der Waals surface area contributed by atoms with Gasteiger partial charge in [-0.15, -0.1) is 0 Å². The van der Waals surface area contributed by atoms with Gasteiger partial charge in [0.1, 0.15) is 18.8 Å². The van der Waals surface area contributed by atoms with Gasteiger partial charge < -0.3 is 11.1 Å². The minimum absolute atomic E-state index is 0.113. The highest BCUT2D eigenvalue weighted by molar-refractivity contribution is 6.33. The summed E-state index contributed by atoms with van der Waals surface area (Å²) in [6.07, 6.45) is -1.84. The van der Waals surface area contributed by atoms with E-state index in [4.69, 9.17) is 17.3 Å². The van der Waals surface area contributed by atoms with Crippen molar-refractivity contribution in [1.29, 1.82) is 5.26 Å². The van der Waals surface area contributed by atoms with E-state index in [2.05, 4.69) is 10.4 Å². The van der Waals surface area contributed by atoms with Crippen LogP contribution in [-0.2, 0) is 16.1 Å². The predicted molar refractivity (Wildman–Crippen MR) is 145 cm³/mol. The van der Waals surface area contributed by atoms with Gasteiger partial charge in [0.05, 0.1) is 22.7 Å². The SMILES string of the molecule is N#Cc1cccc2c(C(N)=O)nn(CC(=O)C3C[C@H](F)C[C@H]3C(=O)Nc3cccc(-c4ccccc4Cl)c3F)c12. The molecule has 1 saturated carbocycles. The highest BCUT2D eigenvalue weighted by atomic mass is 35.5. The van der Waals surface area contributed by atoms with Crippen LogP contribution in [0, 0.1) is 29.0 Å². The number of amides is 2. The Labute approximate surface area is 232 Å². The second-order valence-electron chi connectivity index (χ2n) is 9.57. The Hall–Kier alpha value is -4.62. The molecule has 1 aromatic heterocycles. The summed E-state index contributed by atoms with van der Waals surface area (Å²) in [5.41, 5.74) is 6.22. The van der Waals surface area contributed by atoms with Crippen LogP contribution in [0.1, 0.15) is 28.9 Å². The highest BCUT2D eigenvalue weighted by Crippen LogP contribution is 2.38. The number of rotatable bonds is 7. The Morgan fingerprint density at radius 1 is 1.05 bits per heavy atom. The lowest BCUT2D eigenvalue weighted by molar-refractivity contribution is -0.130. The minimum Gasteiger partial charge on any atom is -0.364 e. The van der Waals surface area contributed by atoms with Gasteiger partial charge in [0.25, 0.3) is 5.91 Å². The number of nitrogens with one attached hydrogen (secondary N) is 1. The van der Waals surface area contributed by atoms with Crippen LogP contribution in [0.3, 0.4) is 0 Å². The molecule has 0 bridgehead atoms. The number of nitrogens with two attached hydrogens (primary N) is 1. The number of para-hydroxylation sites is 1. The molecule has 11 heteroatoms. The van der Waals surface area contributed by atoms with Crippen molar-refractivity contribution in [2.75, 3.05) is 5.32 Å². The second kappa shape index (κ2) is 10.9. The molecule has 1 aliphatic rings. The Kier molecular flexibility index (Phi) is 7.32. The zero-order valence-electron chi connectivity index (χ0n) is 20.9. The first-order valence-corrected chi connectivity index (χ1v) is 12.8. The monoisotopic (exact) mass is 561 g/mol. The lowest BCUT2D eigenvalue weighted by Gasteiger charge is -2.19. The lowest BCUT2D eigenvalue weighted by atomic mass is 9.90. The fourth-order valence-electron chi connectivity index (χ4n) is 5.25. The summed E-state index contributed by atoms with van der Waals surface area (Å²) in [5, 5.41) is 16.8. The van der Waals surface area contributed by atoms with Crippen LogP contribution in [0.15, 0.2) is 60.7 Å². The Bertz CT molecular complexity index is 1710. The van der Waals surface area contributed by atoms with Crippen LogP contribution in [0.25, 0.3) is 22.0 Å². The Morgan fingerprint density at radius 2 is 1.75 bits per heavy atom. The quantitative estimate of drug-likeness (QED) is 0.326. The number of ketones is 1. The van der Waals surface area contributed by atoms with E-state index in [1.807, 2.05) is 6.07 Å². The van der Waals surface area contributed by atoms with Crippen LogP contribution >= 0.6 is 11.6 Å². The van der Waals surface area contributed by atoms with Gasteiger partial charge in [-0.3, -0.25) is 19.1 Å². The van der Waals surface area contributed by atoms with E-state index in [-0.39, 0.29) is 40.9 Å². The van der Waals surface area contributed by atoms with Crippen molar-refractivity contribution < 1.29 is 23.2 Å². The number of alkyl halides is 1. The number of carbonyl (C=O) groups excluding carboxylic acids is 3. The number of aromatic nitrogens is 2. The fourth-order valence-corrected chi connectivity index (χ4v) is 5.49. The average Bonchev–Trinajstić information content (AvgIpc) is 3.51. The van der Waals surface area contributed by atoms with E-state index in [1.54, 1.807) is 42.5 Å². The van der Waals surface area contributed by atoms with Gasteiger partial charge >= 0.3 is 0 Å². The molecule has 3 aromatic carbocycles. The molecule has 5 rings (SSSR count). The van der Waals surface area contributed by atoms with Crippen LogP contribution in [0.2, 0.25) is 5.02 Å². The van der Waals surface area contributed by atoms with Crippen molar-refractivity contribution in [3.8, 4) is 17.2 Å². The third-order valence-electron chi connectivity index (χ3n) is 7.11. The molecule has 40 heavy (non-hydrogen) atoms. The standard InChI is InChI=1S/C29H22ClF2N5O3/c30-22-9-2-1-6-17(22)18-7-4-10-23(25(18)32)35-29(40)21-12-16(31)11-20(21)24(38)14-37-27-15(13-33)5-3-8-19(27)26(36-37)28(34)39/h1-10,16,20-21H,11-12,14H2,(H2,34,39)(H,35,40)/t16-,20?,21+/m0/s1. The predicted octanol–water partition coefficient (Wildman–Crippen LogP) is 5.04. The molecular formula is C29H22ClF2N5O3. The summed E-state index contributed by atoms with van der Waals surface area (Å²) in [4.78, 5) is 38.6. The number of hydrogen-bond donors (Lipinski definition) is 2. The zero-order chi connectivity index (χ0) is 28.6. The average molecular weight is 562 g/mol. The largest absolute Gasteiger partial charge is 0.364 e. The van der Waals surface area contributed by atoms with Crippen LogP contribution in [0.5, 0.6) is 0 Å². The van der Waals surface area contributed by atoms with E-state index in [9.17, 15) is 24.0 Å². The molecule has 0 saturated heterocycles. The molecule has 1 aliphatic carbocycles. The van der Waals surface area contributed by atoms with Gasteiger partial charge in [-0.1, -0.05) is 54.1 Å². The van der Waals surface area contributed by atoms with Crippen molar-refractivity contribution in [3.05, 3.63) is 82.8 Å². The number of primary amides is 1. The van der Waals surface area contributed by atoms with E-state index in [0.717, 1.165) is 0 Å². The van der Waals surface area contributed by atoms with Crippen molar-refractivity contribution in [3.63, 3.8) is 0 Å². The second-order valence-corrected chi connectivity index (χ2v) is 9.98. The molecule has 1 fully saturated rings. The fraction of sp³-hybridized carbons (Fsp3) is 0.207. The molecule has 0 aliphatic heterocycles. The van der Waals surface area contributed by atoms with Crippen molar-refractivity contribution in [1.82, 2.24) is 9.78 Å². The summed E-state index contributed by atoms with van der Waals surface area (Å²) in [6.45, 7) is -0.417. The number of anilines is 1. The molecule has 1 heterocycles. The topological polar surface area (TPSA) is 131 Å². The number of nitriles is 1. The molecule has 2 amide bonds. The number of halogens is 3. The maximum Gasteiger partial charge on any atom is 0.269 e. The van der Waals surface area contributed by atoms with Crippen LogP contribution in [0.4, 0.5) is 14.5 Å². The smallest absolute Gasteiger partial charge is 0.269 e. The Morgan fingerprint density at radius 3 is 2.48 bits per heavy atom. The van der Waals surface area contributed by atoms with E-state index in [0.29, 0.717) is 16.0 Å². The van der Waals surface area contributed by atoms with Gasteiger partial charge in [-0.2, -0.15) is 10.4 Å². The van der Waals surface area contributed by atoms with Crippen molar-refractivity contribution >= 4 is 45.8 Å². The maximum atomic E-state index is 15.4. The molecule has 0 radical (unpaired) electrons. The first-order valence-electron chi connectivity index (χ1n) is 12.4. The molecule has 4 aromatic rings. The van der Waals surface area contributed by atoms with Gasteiger partial charge in [0.15, 0.2) is 17.3 Å². The van der Waals surface area contributed by atoms with Crippen LogP contribution < -0.4 is 11.1 Å². The summed E-state index contributed by atoms with van der Waals surface area (Å²) in [5.74, 6) is -4.87. The van der Waals surface area contributed by atoms with Gasteiger partial charge in [0.2, 0.25) is 5.91 Å². The molecular weight excluding hydrogens is 540 g/mol. The van der Waals surface area contributed by atoms with Crippen molar-refractivity contribution in [2.24, 2.45) is 17.6 Å².